The van der Waals surface area contributed by atoms with E-state index in [1.54, 1.807) is 12.1 Å². The largest absolute Gasteiger partial charge is 0.315 e. The monoisotopic (exact) mass is 578 g/mol. The minimum atomic E-state index is -4.32. The summed E-state index contributed by atoms with van der Waals surface area (Å²) in [6.07, 6.45) is 0. The molecular formula is C18H18N4O6S4Zn. The van der Waals surface area contributed by atoms with Gasteiger partial charge in [-0.25, -0.2) is 0 Å². The van der Waals surface area contributed by atoms with Crippen LogP contribution in [0.5, 0.6) is 0 Å². The third-order valence-electron chi connectivity index (χ3n) is 4.76. The predicted molar refractivity (Wildman–Crippen MR) is 122 cm³/mol. The summed E-state index contributed by atoms with van der Waals surface area (Å²) in [5.41, 5.74) is 1.52. The molecule has 172 valence electrons. The van der Waals surface area contributed by atoms with Gasteiger partial charge in [-0.15, -0.1) is 10.2 Å². The van der Waals surface area contributed by atoms with Gasteiger partial charge < -0.3 is 9.13 Å². The molecule has 0 saturated heterocycles. The van der Waals surface area contributed by atoms with Crippen molar-refractivity contribution in [2.45, 2.75) is 36.7 Å². The smallest absolute Gasteiger partial charge is 0.294 e. The van der Waals surface area contributed by atoms with E-state index in [-0.39, 0.29) is 29.3 Å². The number of aryl methyl sites for hydroxylation is 2. The van der Waals surface area contributed by atoms with Gasteiger partial charge in [0, 0.05) is 32.6 Å². The first kappa shape index (κ1) is 25.9. The van der Waals surface area contributed by atoms with Crippen LogP contribution >= 0.6 is 22.7 Å². The first-order chi connectivity index (χ1) is 15.0. The Hall–Kier alpha value is -1.74. The maximum atomic E-state index is 11.4. The quantitative estimate of drug-likeness (QED) is 0.211. The molecule has 4 rings (SSSR count). The fraction of sp³-hybridized carbons (Fsp3) is 0.222. The number of thiazole rings is 2. The Morgan fingerprint density at radius 2 is 1.12 bits per heavy atom. The Morgan fingerprint density at radius 3 is 1.42 bits per heavy atom. The van der Waals surface area contributed by atoms with E-state index in [0.717, 1.165) is 11.0 Å². The van der Waals surface area contributed by atoms with Crippen LogP contribution < -0.4 is 9.60 Å². The van der Waals surface area contributed by atoms with Gasteiger partial charge in [0.25, 0.3) is 20.2 Å². The van der Waals surface area contributed by atoms with Gasteiger partial charge in [-0.05, 0) is 50.2 Å². The predicted octanol–water partition coefficient (Wildman–Crippen LogP) is 2.67. The Labute approximate surface area is 209 Å². The number of benzene rings is 2. The molecule has 4 aromatic rings. The van der Waals surface area contributed by atoms with Gasteiger partial charge in [0.2, 0.25) is 9.60 Å². The van der Waals surface area contributed by atoms with E-state index in [9.17, 15) is 25.9 Å². The summed E-state index contributed by atoms with van der Waals surface area (Å²) >= 11 is 2.47. The van der Waals surface area contributed by atoms with Gasteiger partial charge in [-0.1, -0.05) is 22.7 Å². The summed E-state index contributed by atoms with van der Waals surface area (Å²) in [6.45, 7) is 4.98. The van der Waals surface area contributed by atoms with Crippen LogP contribution in [0.4, 0.5) is 0 Å². The molecule has 2 N–H and O–H groups in total. The number of rotatable bonds is 5. The van der Waals surface area contributed by atoms with Crippen LogP contribution in [0.2, 0.25) is 0 Å². The van der Waals surface area contributed by atoms with E-state index in [1.807, 2.05) is 23.0 Å². The van der Waals surface area contributed by atoms with Crippen molar-refractivity contribution in [1.29, 1.82) is 0 Å². The maximum Gasteiger partial charge on any atom is 0.294 e. The summed E-state index contributed by atoms with van der Waals surface area (Å²) in [5, 5.41) is 8.74. The SMILES string of the molecule is CCn1c(=NN=c2sc3cc(S(=O)(=O)O)ccc3n2CC)sc2cc(S(=O)(=O)O)ccc21.[Zn]. The number of aromatic nitrogens is 2. The molecule has 0 atom stereocenters. The number of nitrogens with zero attached hydrogens (tertiary/aromatic N) is 4. The van der Waals surface area contributed by atoms with Crippen LogP contribution in [0.15, 0.2) is 56.4 Å². The van der Waals surface area contributed by atoms with Crippen LogP contribution in [0.3, 0.4) is 0 Å². The molecule has 2 aromatic carbocycles. The fourth-order valence-corrected chi connectivity index (χ4v) is 6.61. The molecule has 33 heavy (non-hydrogen) atoms. The molecule has 0 unspecified atom stereocenters. The average Bonchev–Trinajstić information content (AvgIpc) is 3.26. The first-order valence-corrected chi connectivity index (χ1v) is 13.8. The van der Waals surface area contributed by atoms with Crippen molar-refractivity contribution in [3.8, 4) is 0 Å². The Kier molecular flexibility index (Phi) is 7.44. The zero-order valence-corrected chi connectivity index (χ0v) is 23.8. The Morgan fingerprint density at radius 1 is 0.758 bits per heavy atom. The molecule has 0 bridgehead atoms. The van der Waals surface area contributed by atoms with Crippen LogP contribution in [-0.2, 0) is 52.8 Å². The summed E-state index contributed by atoms with van der Waals surface area (Å²) in [4.78, 5) is 0.685. The van der Waals surface area contributed by atoms with Crippen molar-refractivity contribution in [3.05, 3.63) is 46.0 Å². The van der Waals surface area contributed by atoms with Crippen molar-refractivity contribution in [2.24, 2.45) is 10.2 Å². The first-order valence-electron chi connectivity index (χ1n) is 9.32. The van der Waals surface area contributed by atoms with Crippen molar-refractivity contribution < 1.29 is 45.4 Å². The molecule has 0 aliphatic heterocycles. The molecule has 2 aromatic heterocycles. The van der Waals surface area contributed by atoms with Gasteiger partial charge in [-0.3, -0.25) is 9.11 Å². The van der Waals surface area contributed by atoms with E-state index in [4.69, 9.17) is 0 Å². The summed E-state index contributed by atoms with van der Waals surface area (Å²) in [5.74, 6) is 0. The van der Waals surface area contributed by atoms with Crippen LogP contribution in [0.25, 0.3) is 20.4 Å². The van der Waals surface area contributed by atoms with Gasteiger partial charge >= 0.3 is 0 Å². The third-order valence-corrected chi connectivity index (χ3v) is 8.52. The van der Waals surface area contributed by atoms with E-state index in [2.05, 4.69) is 10.2 Å². The second-order valence-electron chi connectivity index (χ2n) is 6.67. The summed E-state index contributed by atoms with van der Waals surface area (Å²) in [7, 11) is -8.63. The van der Waals surface area contributed by atoms with Crippen LogP contribution in [-0.4, -0.2) is 35.1 Å². The molecule has 0 amide bonds. The second kappa shape index (κ2) is 9.49. The summed E-state index contributed by atoms with van der Waals surface area (Å²) < 4.78 is 69.4. The van der Waals surface area contributed by atoms with Crippen LogP contribution in [0, 0.1) is 0 Å². The average molecular weight is 580 g/mol. The fourth-order valence-electron chi connectivity index (χ4n) is 3.28. The van der Waals surface area contributed by atoms with Gasteiger partial charge in [-0.2, -0.15) is 16.8 Å². The van der Waals surface area contributed by atoms with Gasteiger partial charge in [0.1, 0.15) is 0 Å². The molecule has 10 nitrogen and oxygen atoms in total. The van der Waals surface area contributed by atoms with E-state index >= 15 is 0 Å². The normalized spacial score (nSPS) is 13.7. The zero-order chi connectivity index (χ0) is 23.3. The minimum Gasteiger partial charge on any atom is -0.315 e. The van der Waals surface area contributed by atoms with Gasteiger partial charge in [0.15, 0.2) is 0 Å². The van der Waals surface area contributed by atoms with Crippen molar-refractivity contribution in [1.82, 2.24) is 9.13 Å². The van der Waals surface area contributed by atoms with E-state index in [1.165, 1.54) is 46.9 Å². The minimum absolute atomic E-state index is 0. The molecule has 0 radical (unpaired) electrons. The van der Waals surface area contributed by atoms with Crippen molar-refractivity contribution >= 4 is 63.3 Å². The zero-order valence-electron chi connectivity index (χ0n) is 17.5. The number of fused-ring (bicyclic) bond motifs is 2. The number of hydrogen-bond acceptors (Lipinski definition) is 8. The Bertz CT molecular complexity index is 1580. The molecule has 0 saturated carbocycles. The molecule has 0 fully saturated rings. The van der Waals surface area contributed by atoms with Crippen LogP contribution in [0.1, 0.15) is 13.8 Å². The van der Waals surface area contributed by atoms with E-state index in [0.29, 0.717) is 32.1 Å². The molecule has 2 heterocycles. The molecule has 15 heteroatoms. The third kappa shape index (κ3) is 5.04. The topological polar surface area (TPSA) is 143 Å². The molecule has 0 aliphatic rings. The van der Waals surface area contributed by atoms with Crippen molar-refractivity contribution in [3.63, 3.8) is 0 Å². The second-order valence-corrected chi connectivity index (χ2v) is 11.5. The molecule has 0 spiro atoms. The standard InChI is InChI=1S/C18H18N4O6S4.Zn/c1-3-21-13-7-5-11(31(23,24)25)9-15(13)29-17(21)19-20-18-22(4-2)14-8-6-12(32(26,27)28)10-16(14)30-18;/h5-10H,3-4H2,1-2H3,(H,23,24,25)(H,26,27,28);. The maximum absolute atomic E-state index is 11.4. The van der Waals surface area contributed by atoms with Gasteiger partial charge in [0.05, 0.1) is 30.2 Å². The Balaban J connectivity index is 0.00000306. The number of hydrogen-bond donors (Lipinski definition) is 2. The summed E-state index contributed by atoms with van der Waals surface area (Å²) in [6, 6.07) is 8.68. The molecule has 0 aliphatic carbocycles. The van der Waals surface area contributed by atoms with E-state index < -0.39 is 20.2 Å². The van der Waals surface area contributed by atoms with Crippen molar-refractivity contribution in [2.75, 3.05) is 0 Å². The molecular weight excluding hydrogens is 562 g/mol.